The zero-order valence-corrected chi connectivity index (χ0v) is 10.6. The number of hydrogen-bond donors (Lipinski definition) is 2. The maximum absolute atomic E-state index is 11.7. The predicted molar refractivity (Wildman–Crippen MR) is 67.6 cm³/mol. The molecule has 1 rings (SSSR count). The molecule has 1 aromatic heterocycles. The largest absolute Gasteiger partial charge is 0.349 e. The molecule has 0 saturated heterocycles. The minimum atomic E-state index is -0.151. The van der Waals surface area contributed by atoms with Crippen LogP contribution < -0.4 is 11.1 Å². The molecule has 0 radical (unpaired) electrons. The molecule has 0 aromatic carbocycles. The molecule has 0 bridgehead atoms. The normalized spacial score (nSPS) is 12.5. The van der Waals surface area contributed by atoms with Crippen molar-refractivity contribution < 1.29 is 4.79 Å². The fourth-order valence-corrected chi connectivity index (χ4v) is 1.19. The van der Waals surface area contributed by atoms with Crippen molar-refractivity contribution in [3.05, 3.63) is 29.6 Å². The lowest BCUT2D eigenvalue weighted by molar-refractivity contribution is 0.0938. The van der Waals surface area contributed by atoms with E-state index in [2.05, 4.69) is 10.3 Å². The molecule has 0 saturated carbocycles. The van der Waals surface area contributed by atoms with E-state index in [-0.39, 0.29) is 5.91 Å². The second-order valence-corrected chi connectivity index (χ2v) is 4.28. The summed E-state index contributed by atoms with van der Waals surface area (Å²) in [5.74, 6) is -0.151. The van der Waals surface area contributed by atoms with Gasteiger partial charge in [0, 0.05) is 25.3 Å². The van der Waals surface area contributed by atoms with Gasteiger partial charge >= 0.3 is 0 Å². The van der Waals surface area contributed by atoms with Crippen molar-refractivity contribution >= 4 is 5.91 Å². The first-order valence-corrected chi connectivity index (χ1v) is 5.64. The van der Waals surface area contributed by atoms with Gasteiger partial charge in [0.05, 0.1) is 0 Å². The summed E-state index contributed by atoms with van der Waals surface area (Å²) in [5, 5.41) is 2.84. The molecule has 3 N–H and O–H groups in total. The van der Waals surface area contributed by atoms with Crippen LogP contribution in [-0.2, 0) is 6.54 Å². The van der Waals surface area contributed by atoms with Gasteiger partial charge in [-0.1, -0.05) is 6.07 Å². The lowest BCUT2D eigenvalue weighted by atomic mass is 10.2. The molecule has 17 heavy (non-hydrogen) atoms. The Morgan fingerprint density at radius 3 is 2.71 bits per heavy atom. The van der Waals surface area contributed by atoms with Gasteiger partial charge in [-0.3, -0.25) is 9.78 Å². The van der Waals surface area contributed by atoms with Crippen LogP contribution in [0.4, 0.5) is 0 Å². The molecule has 5 heteroatoms. The number of rotatable bonds is 5. The van der Waals surface area contributed by atoms with Gasteiger partial charge in [-0.15, -0.1) is 0 Å². The third kappa shape index (κ3) is 4.13. The number of pyridine rings is 1. The van der Waals surface area contributed by atoms with Gasteiger partial charge in [0.15, 0.2) is 0 Å². The summed E-state index contributed by atoms with van der Waals surface area (Å²) in [4.78, 5) is 17.9. The van der Waals surface area contributed by atoms with Crippen molar-refractivity contribution in [2.24, 2.45) is 5.73 Å². The highest BCUT2D eigenvalue weighted by atomic mass is 16.1. The number of likely N-dealkylation sites (N-methyl/N-ethyl adjacent to an activating group) is 1. The van der Waals surface area contributed by atoms with E-state index in [4.69, 9.17) is 5.73 Å². The van der Waals surface area contributed by atoms with Crippen LogP contribution >= 0.6 is 0 Å². The van der Waals surface area contributed by atoms with E-state index in [0.29, 0.717) is 24.8 Å². The number of nitrogens with two attached hydrogens (primary N) is 1. The van der Waals surface area contributed by atoms with E-state index in [1.807, 2.05) is 32.0 Å². The summed E-state index contributed by atoms with van der Waals surface area (Å²) in [5.41, 5.74) is 6.81. The first kappa shape index (κ1) is 13.6. The Kier molecular flexibility index (Phi) is 5.06. The summed E-state index contributed by atoms with van der Waals surface area (Å²) >= 11 is 0. The van der Waals surface area contributed by atoms with Gasteiger partial charge in [-0.2, -0.15) is 0 Å². The molecule has 0 aliphatic heterocycles. The molecule has 1 atom stereocenters. The van der Waals surface area contributed by atoms with Crippen LogP contribution in [0.3, 0.4) is 0 Å². The lowest BCUT2D eigenvalue weighted by Crippen LogP contribution is -2.38. The van der Waals surface area contributed by atoms with Crippen LogP contribution in [0.15, 0.2) is 18.3 Å². The summed E-state index contributed by atoms with van der Waals surface area (Å²) in [6, 6.07) is 3.80. The Balaban J connectivity index is 2.52. The molecular weight excluding hydrogens is 216 g/mol. The van der Waals surface area contributed by atoms with E-state index < -0.39 is 0 Å². The molecule has 1 heterocycles. The van der Waals surface area contributed by atoms with Crippen molar-refractivity contribution in [2.75, 3.05) is 20.6 Å². The Morgan fingerprint density at radius 1 is 1.53 bits per heavy atom. The van der Waals surface area contributed by atoms with E-state index in [0.717, 1.165) is 5.56 Å². The van der Waals surface area contributed by atoms with Gasteiger partial charge in [-0.05, 0) is 32.6 Å². The minimum absolute atomic E-state index is 0.151. The van der Waals surface area contributed by atoms with E-state index in [1.165, 1.54) is 0 Å². The summed E-state index contributed by atoms with van der Waals surface area (Å²) in [6.45, 7) is 3.09. The Hall–Kier alpha value is -1.46. The first-order valence-electron chi connectivity index (χ1n) is 5.64. The Bertz CT molecular complexity index is 361. The van der Waals surface area contributed by atoms with Crippen LogP contribution in [-0.4, -0.2) is 42.5 Å². The van der Waals surface area contributed by atoms with Gasteiger partial charge < -0.3 is 16.0 Å². The van der Waals surface area contributed by atoms with Crippen molar-refractivity contribution in [1.82, 2.24) is 15.2 Å². The van der Waals surface area contributed by atoms with Crippen molar-refractivity contribution in [3.63, 3.8) is 0 Å². The van der Waals surface area contributed by atoms with Gasteiger partial charge in [0.2, 0.25) is 0 Å². The highest BCUT2D eigenvalue weighted by molar-refractivity contribution is 5.92. The maximum atomic E-state index is 11.7. The molecule has 94 valence electrons. The lowest BCUT2D eigenvalue weighted by Gasteiger charge is -2.19. The van der Waals surface area contributed by atoms with E-state index >= 15 is 0 Å². The molecule has 0 spiro atoms. The average Bonchev–Trinajstić information content (AvgIpc) is 2.35. The van der Waals surface area contributed by atoms with E-state index in [9.17, 15) is 4.79 Å². The monoisotopic (exact) mass is 236 g/mol. The molecule has 0 aliphatic carbocycles. The quantitative estimate of drug-likeness (QED) is 0.767. The summed E-state index contributed by atoms with van der Waals surface area (Å²) in [7, 11) is 3.95. The fourth-order valence-electron chi connectivity index (χ4n) is 1.19. The van der Waals surface area contributed by atoms with E-state index in [1.54, 1.807) is 12.3 Å². The Morgan fingerprint density at radius 2 is 2.24 bits per heavy atom. The van der Waals surface area contributed by atoms with Gasteiger partial charge in [-0.25, -0.2) is 0 Å². The van der Waals surface area contributed by atoms with Gasteiger partial charge in [0.25, 0.3) is 5.91 Å². The third-order valence-corrected chi connectivity index (χ3v) is 2.73. The molecule has 1 unspecified atom stereocenters. The molecular formula is C12H20N4O. The number of nitrogens with one attached hydrogen (secondary N) is 1. The second-order valence-electron chi connectivity index (χ2n) is 4.28. The topological polar surface area (TPSA) is 71.2 Å². The highest BCUT2D eigenvalue weighted by Gasteiger charge is 2.09. The Labute approximate surface area is 102 Å². The van der Waals surface area contributed by atoms with Crippen LogP contribution in [0.25, 0.3) is 0 Å². The smallest absolute Gasteiger partial charge is 0.269 e. The third-order valence-electron chi connectivity index (χ3n) is 2.73. The van der Waals surface area contributed by atoms with Crippen LogP contribution in [0.1, 0.15) is 23.0 Å². The fraction of sp³-hybridized carbons (Fsp3) is 0.500. The molecule has 0 aliphatic rings. The number of hydrogen-bond acceptors (Lipinski definition) is 4. The standard InChI is InChI=1S/C12H20N4O/c1-9(16(2)3)7-15-12(17)11-5-4-10(6-13)8-14-11/h4-5,8-9H,6-7,13H2,1-3H3,(H,15,17). The number of amides is 1. The van der Waals surface area contributed by atoms with Crippen molar-refractivity contribution in [3.8, 4) is 0 Å². The molecule has 5 nitrogen and oxygen atoms in total. The SMILES string of the molecule is CC(CNC(=O)c1ccc(CN)cn1)N(C)C. The van der Waals surface area contributed by atoms with Crippen molar-refractivity contribution in [1.29, 1.82) is 0 Å². The minimum Gasteiger partial charge on any atom is -0.349 e. The van der Waals surface area contributed by atoms with Crippen molar-refractivity contribution in [2.45, 2.75) is 19.5 Å². The number of carbonyl (C=O) groups is 1. The first-order chi connectivity index (χ1) is 8.04. The van der Waals surface area contributed by atoms with Crippen LogP contribution in [0.2, 0.25) is 0 Å². The number of aromatic nitrogens is 1. The van der Waals surface area contributed by atoms with Gasteiger partial charge in [0.1, 0.15) is 5.69 Å². The summed E-state index contributed by atoms with van der Waals surface area (Å²) in [6.07, 6.45) is 1.63. The summed E-state index contributed by atoms with van der Waals surface area (Å²) < 4.78 is 0. The molecule has 1 aromatic rings. The molecule has 0 fully saturated rings. The maximum Gasteiger partial charge on any atom is 0.269 e. The zero-order chi connectivity index (χ0) is 12.8. The zero-order valence-electron chi connectivity index (χ0n) is 10.6. The number of carbonyl (C=O) groups excluding carboxylic acids is 1. The number of nitrogens with zero attached hydrogens (tertiary/aromatic N) is 2. The molecule has 1 amide bonds. The average molecular weight is 236 g/mol. The van der Waals surface area contributed by atoms with Crippen LogP contribution in [0, 0.1) is 0 Å². The van der Waals surface area contributed by atoms with Crippen LogP contribution in [0.5, 0.6) is 0 Å². The highest BCUT2D eigenvalue weighted by Crippen LogP contribution is 1.99. The second kappa shape index (κ2) is 6.32. The predicted octanol–water partition coefficient (Wildman–Crippen LogP) is 0.220.